The minimum absolute atomic E-state index is 0.0472. The maximum atomic E-state index is 12.4. The third-order valence-corrected chi connectivity index (χ3v) is 5.53. The van der Waals surface area contributed by atoms with Crippen LogP contribution in [0, 0.1) is 13.8 Å². The molecule has 1 heterocycles. The van der Waals surface area contributed by atoms with Gasteiger partial charge in [-0.15, -0.1) is 0 Å². The van der Waals surface area contributed by atoms with E-state index in [2.05, 4.69) is 27.0 Å². The zero-order chi connectivity index (χ0) is 19.9. The number of nitrogens with zero attached hydrogens (tertiary/aromatic N) is 2. The van der Waals surface area contributed by atoms with Gasteiger partial charge < -0.3 is 14.6 Å². The minimum Gasteiger partial charge on any atom is -0.383 e. The Hall–Kier alpha value is -2.57. The Morgan fingerprint density at radius 2 is 1.75 bits per heavy atom. The highest BCUT2D eigenvalue weighted by atomic mass is 32.2. The van der Waals surface area contributed by atoms with E-state index in [-0.39, 0.29) is 5.91 Å². The van der Waals surface area contributed by atoms with E-state index in [1.165, 1.54) is 11.8 Å². The molecule has 2 aromatic carbocycles. The van der Waals surface area contributed by atoms with E-state index >= 15 is 0 Å². The molecule has 0 saturated heterocycles. The summed E-state index contributed by atoms with van der Waals surface area (Å²) in [5.74, 6) is 0.262. The van der Waals surface area contributed by atoms with Gasteiger partial charge in [0.2, 0.25) is 5.91 Å². The molecule has 146 valence electrons. The molecule has 0 aliphatic heterocycles. The summed E-state index contributed by atoms with van der Waals surface area (Å²) >= 11 is 1.44. The van der Waals surface area contributed by atoms with Crippen molar-refractivity contribution >= 4 is 23.4 Å². The zero-order valence-electron chi connectivity index (χ0n) is 16.4. The van der Waals surface area contributed by atoms with Crippen molar-refractivity contribution in [1.29, 1.82) is 0 Å². The van der Waals surface area contributed by atoms with Crippen LogP contribution in [-0.2, 0) is 16.1 Å². The second kappa shape index (κ2) is 9.57. The van der Waals surface area contributed by atoms with E-state index in [0.29, 0.717) is 12.4 Å². The zero-order valence-corrected chi connectivity index (χ0v) is 17.3. The molecule has 28 heavy (non-hydrogen) atoms. The number of amides is 1. The molecule has 0 fully saturated rings. The van der Waals surface area contributed by atoms with Crippen LogP contribution in [-0.4, -0.2) is 34.9 Å². The predicted molar refractivity (Wildman–Crippen MR) is 115 cm³/mol. The number of nitrogens with one attached hydrogen (secondary N) is 1. The van der Waals surface area contributed by atoms with Gasteiger partial charge >= 0.3 is 0 Å². The molecule has 5 nitrogen and oxygen atoms in total. The molecule has 0 atom stereocenters. The van der Waals surface area contributed by atoms with E-state index in [0.717, 1.165) is 39.9 Å². The van der Waals surface area contributed by atoms with E-state index in [1.807, 2.05) is 56.3 Å². The fourth-order valence-electron chi connectivity index (χ4n) is 2.88. The molecular formula is C22H25N3O2S. The summed E-state index contributed by atoms with van der Waals surface area (Å²) < 4.78 is 7.28. The van der Waals surface area contributed by atoms with E-state index in [4.69, 9.17) is 4.74 Å². The number of benzene rings is 2. The molecule has 3 aromatic rings. The fraction of sp³-hybridized carbons (Fsp3) is 0.273. The summed E-state index contributed by atoms with van der Waals surface area (Å²) in [5, 5.41) is 3.80. The summed E-state index contributed by atoms with van der Waals surface area (Å²) in [6.07, 6.45) is 0. The Bertz CT molecular complexity index is 921. The first kappa shape index (κ1) is 20.2. The first-order chi connectivity index (χ1) is 13.6. The molecule has 0 saturated carbocycles. The van der Waals surface area contributed by atoms with Crippen LogP contribution < -0.4 is 5.32 Å². The van der Waals surface area contributed by atoms with E-state index < -0.39 is 0 Å². The molecule has 1 amide bonds. The summed E-state index contributed by atoms with van der Waals surface area (Å²) in [7, 11) is 1.68. The molecule has 1 N–H and O–H groups in total. The molecule has 0 bridgehead atoms. The van der Waals surface area contributed by atoms with Crippen molar-refractivity contribution < 1.29 is 9.53 Å². The second-order valence-corrected chi connectivity index (χ2v) is 7.43. The number of aryl methyl sites for hydroxylation is 1. The summed E-state index contributed by atoms with van der Waals surface area (Å²) in [5.41, 5.74) is 5.16. The maximum absolute atomic E-state index is 12.4. The third-order valence-electron chi connectivity index (χ3n) is 4.55. The van der Waals surface area contributed by atoms with Crippen molar-refractivity contribution in [1.82, 2.24) is 9.55 Å². The molecule has 1 aromatic heterocycles. The highest BCUT2D eigenvalue weighted by molar-refractivity contribution is 7.99. The molecule has 0 aliphatic carbocycles. The van der Waals surface area contributed by atoms with Gasteiger partial charge in [0.25, 0.3) is 0 Å². The lowest BCUT2D eigenvalue weighted by molar-refractivity contribution is -0.113. The molecule has 6 heteroatoms. The smallest absolute Gasteiger partial charge is 0.234 e. The van der Waals surface area contributed by atoms with Crippen LogP contribution in [0.25, 0.3) is 11.1 Å². The van der Waals surface area contributed by atoms with Gasteiger partial charge in [0, 0.05) is 25.0 Å². The Morgan fingerprint density at radius 1 is 1.07 bits per heavy atom. The first-order valence-electron chi connectivity index (χ1n) is 9.19. The Kier molecular flexibility index (Phi) is 6.90. The van der Waals surface area contributed by atoms with Gasteiger partial charge in [-0.05, 0) is 37.1 Å². The average Bonchev–Trinajstić information content (AvgIpc) is 2.99. The summed E-state index contributed by atoms with van der Waals surface area (Å²) in [4.78, 5) is 16.9. The number of rotatable bonds is 8. The number of aromatic nitrogens is 2. The van der Waals surface area contributed by atoms with Gasteiger partial charge in [-0.3, -0.25) is 4.79 Å². The van der Waals surface area contributed by atoms with Crippen LogP contribution >= 0.6 is 11.8 Å². The third kappa shape index (κ3) is 5.03. The molecule has 0 unspecified atom stereocenters. The van der Waals surface area contributed by atoms with Gasteiger partial charge in [-0.2, -0.15) is 0 Å². The monoisotopic (exact) mass is 395 g/mol. The number of carbonyl (C=O) groups is 1. The van der Waals surface area contributed by atoms with Crippen LogP contribution in [0.2, 0.25) is 0 Å². The number of methoxy groups -OCH3 is 1. The van der Waals surface area contributed by atoms with Crippen molar-refractivity contribution in [2.45, 2.75) is 25.5 Å². The number of hydrogen-bond acceptors (Lipinski definition) is 4. The lowest BCUT2D eigenvalue weighted by atomic mass is 10.1. The SMILES string of the molecule is COCCn1c(SCC(=O)Nc2ccc(-c3ccccc3)cc2)nc(C)c1C. The van der Waals surface area contributed by atoms with Crippen LogP contribution in [0.4, 0.5) is 5.69 Å². The average molecular weight is 396 g/mol. The maximum Gasteiger partial charge on any atom is 0.234 e. The number of thioether (sulfide) groups is 1. The first-order valence-corrected chi connectivity index (χ1v) is 10.2. The Balaban J connectivity index is 1.58. The van der Waals surface area contributed by atoms with Crippen molar-refractivity contribution in [3.8, 4) is 11.1 Å². The fourth-order valence-corrected chi connectivity index (χ4v) is 3.80. The predicted octanol–water partition coefficient (Wildman–Crippen LogP) is 4.54. The summed E-state index contributed by atoms with van der Waals surface area (Å²) in [6, 6.07) is 18.1. The lowest BCUT2D eigenvalue weighted by Crippen LogP contribution is -2.15. The summed E-state index contributed by atoms with van der Waals surface area (Å²) in [6.45, 7) is 5.37. The highest BCUT2D eigenvalue weighted by Gasteiger charge is 2.13. The Morgan fingerprint density at radius 3 is 2.43 bits per heavy atom. The normalized spacial score (nSPS) is 10.8. The van der Waals surface area contributed by atoms with Gasteiger partial charge in [0.05, 0.1) is 18.1 Å². The number of carbonyl (C=O) groups excluding carboxylic acids is 1. The standard InChI is InChI=1S/C22H25N3O2S/c1-16-17(2)25(13-14-27-3)22(23-16)28-15-21(26)24-20-11-9-19(10-12-20)18-7-5-4-6-8-18/h4-12H,13-15H2,1-3H3,(H,24,26). The topological polar surface area (TPSA) is 56.1 Å². The van der Waals surface area contributed by atoms with Crippen LogP contribution in [0.3, 0.4) is 0 Å². The second-order valence-electron chi connectivity index (χ2n) is 6.49. The Labute approximate surface area is 170 Å². The molecule has 0 aliphatic rings. The van der Waals surface area contributed by atoms with Crippen molar-refractivity contribution in [2.75, 3.05) is 24.8 Å². The lowest BCUT2D eigenvalue weighted by Gasteiger charge is -2.10. The minimum atomic E-state index is -0.0472. The number of imidazole rings is 1. The number of anilines is 1. The van der Waals surface area contributed by atoms with Crippen LogP contribution in [0.5, 0.6) is 0 Å². The van der Waals surface area contributed by atoms with Crippen molar-refractivity contribution in [3.05, 3.63) is 66.0 Å². The van der Waals surface area contributed by atoms with Crippen LogP contribution in [0.1, 0.15) is 11.4 Å². The van der Waals surface area contributed by atoms with E-state index in [9.17, 15) is 4.79 Å². The molecular weight excluding hydrogens is 370 g/mol. The van der Waals surface area contributed by atoms with E-state index in [1.54, 1.807) is 7.11 Å². The van der Waals surface area contributed by atoms with Crippen molar-refractivity contribution in [2.24, 2.45) is 0 Å². The number of hydrogen-bond donors (Lipinski definition) is 1. The van der Waals surface area contributed by atoms with Gasteiger partial charge in [0.15, 0.2) is 5.16 Å². The number of ether oxygens (including phenoxy) is 1. The van der Waals surface area contributed by atoms with Gasteiger partial charge in [-0.1, -0.05) is 54.2 Å². The molecule has 0 radical (unpaired) electrons. The molecule has 3 rings (SSSR count). The van der Waals surface area contributed by atoms with Crippen LogP contribution in [0.15, 0.2) is 59.8 Å². The highest BCUT2D eigenvalue weighted by Crippen LogP contribution is 2.23. The quantitative estimate of drug-likeness (QED) is 0.569. The van der Waals surface area contributed by atoms with Crippen molar-refractivity contribution in [3.63, 3.8) is 0 Å². The van der Waals surface area contributed by atoms with Gasteiger partial charge in [0.1, 0.15) is 0 Å². The van der Waals surface area contributed by atoms with Gasteiger partial charge in [-0.25, -0.2) is 4.98 Å². The molecule has 0 spiro atoms. The largest absolute Gasteiger partial charge is 0.383 e.